The van der Waals surface area contributed by atoms with Crippen molar-refractivity contribution in [3.05, 3.63) is 29.8 Å². The van der Waals surface area contributed by atoms with Gasteiger partial charge in [-0.2, -0.15) is 18.1 Å². The number of hydrogen-bond acceptors (Lipinski definition) is 7. The first-order chi connectivity index (χ1) is 15.5. The fourth-order valence-electron chi connectivity index (χ4n) is 6.47. The molecule has 1 saturated heterocycles. The average Bonchev–Trinajstić information content (AvgIpc) is 2.71. The summed E-state index contributed by atoms with van der Waals surface area (Å²) in [7, 11) is -1.56. The maximum atomic E-state index is 13.3. The molecule has 33 heavy (non-hydrogen) atoms. The van der Waals surface area contributed by atoms with Crippen LogP contribution >= 0.6 is 19.4 Å². The molecule has 6 rings (SSSR count). The number of ether oxygens (including phenoxy) is 1. The van der Waals surface area contributed by atoms with E-state index in [4.69, 9.17) is 39.7 Å². The first kappa shape index (κ1) is 23.9. The van der Waals surface area contributed by atoms with Crippen LogP contribution < -0.4 is 4.52 Å². The van der Waals surface area contributed by atoms with E-state index >= 15 is 0 Å². The van der Waals surface area contributed by atoms with Crippen LogP contribution in [0.5, 0.6) is 5.75 Å². The molecule has 7 nitrogen and oxygen atoms in total. The summed E-state index contributed by atoms with van der Waals surface area (Å²) in [6, 6.07) is 6.04. The third kappa shape index (κ3) is 3.73. The summed E-state index contributed by atoms with van der Waals surface area (Å²) >= 11 is 6.86. The van der Waals surface area contributed by atoms with E-state index in [1.54, 1.807) is 12.1 Å². The lowest BCUT2D eigenvalue weighted by Gasteiger charge is -2.70. The van der Waals surface area contributed by atoms with Gasteiger partial charge in [0.05, 0.1) is 0 Å². The van der Waals surface area contributed by atoms with Crippen LogP contribution in [0, 0.1) is 17.8 Å². The predicted octanol–water partition coefficient (Wildman–Crippen LogP) is 5.72. The van der Waals surface area contributed by atoms with Crippen LogP contribution in [0.15, 0.2) is 24.3 Å². The Labute approximate surface area is 194 Å². The molecule has 1 aromatic carbocycles. The molecule has 1 aliphatic heterocycles. The SMILES string of the molecule is COP(=O)(OC)Oc1cccc(C2(OCC(F)(F)F)OOC23C2CC4CC3CC(Cl)(C4)C2)c1. The molecule has 4 saturated carbocycles. The van der Waals surface area contributed by atoms with E-state index in [2.05, 4.69) is 0 Å². The second kappa shape index (κ2) is 7.82. The number of phosphoric ester groups is 1. The topological polar surface area (TPSA) is 72.5 Å². The summed E-state index contributed by atoms with van der Waals surface area (Å²) in [5, 5.41) is 0. The number of alkyl halides is 4. The van der Waals surface area contributed by atoms with E-state index in [0.717, 1.165) is 33.5 Å². The maximum absolute atomic E-state index is 13.3. The van der Waals surface area contributed by atoms with Crippen LogP contribution in [0.3, 0.4) is 0 Å². The predicted molar refractivity (Wildman–Crippen MR) is 109 cm³/mol. The lowest BCUT2D eigenvalue weighted by molar-refractivity contribution is -0.650. The highest BCUT2D eigenvalue weighted by Gasteiger charge is 2.78. The van der Waals surface area contributed by atoms with Crippen molar-refractivity contribution in [1.29, 1.82) is 0 Å². The smallest absolute Gasteiger partial charge is 0.404 e. The van der Waals surface area contributed by atoms with Gasteiger partial charge in [-0.25, -0.2) is 9.45 Å². The molecule has 184 valence electrons. The van der Waals surface area contributed by atoms with Crippen molar-refractivity contribution in [2.75, 3.05) is 20.8 Å². The Bertz CT molecular complexity index is 951. The van der Waals surface area contributed by atoms with Crippen molar-refractivity contribution in [1.82, 2.24) is 0 Å². The zero-order valence-corrected chi connectivity index (χ0v) is 19.8. The van der Waals surface area contributed by atoms with E-state index in [0.29, 0.717) is 18.8 Å². The van der Waals surface area contributed by atoms with E-state index in [9.17, 15) is 17.7 Å². The molecule has 0 aromatic heterocycles. The number of benzene rings is 1. The van der Waals surface area contributed by atoms with Crippen molar-refractivity contribution >= 4 is 19.4 Å². The zero-order chi connectivity index (χ0) is 23.7. The van der Waals surface area contributed by atoms with Gasteiger partial charge >= 0.3 is 14.0 Å². The molecule has 12 heteroatoms. The molecule has 5 aliphatic rings. The highest BCUT2D eigenvalue weighted by molar-refractivity contribution is 7.48. The van der Waals surface area contributed by atoms with Gasteiger partial charge < -0.3 is 9.26 Å². The van der Waals surface area contributed by atoms with Crippen LogP contribution in [0.4, 0.5) is 13.2 Å². The second-order valence-corrected chi connectivity index (χ2v) is 12.0. The molecule has 0 N–H and O–H groups in total. The van der Waals surface area contributed by atoms with Crippen LogP contribution in [0.2, 0.25) is 0 Å². The molecule has 1 aromatic rings. The normalized spacial score (nSPS) is 39.6. The standard InChI is InChI=1S/C21H25ClF3O7P/c1-27-33(26,28-2)30-17-5-3-4-14(8-17)21(29-12-19(23,24)25)20(31-32-21)15-6-13-7-16(20)11-18(22,9-13)10-15/h3-5,8,13,15-16H,6-7,9-12H2,1-2H3. The third-order valence-corrected chi connectivity index (χ3v) is 9.25. The van der Waals surface area contributed by atoms with Crippen LogP contribution in [-0.2, 0) is 33.9 Å². The fraction of sp³-hybridized carbons (Fsp3) is 0.714. The Morgan fingerprint density at radius 1 is 1.12 bits per heavy atom. The Balaban J connectivity index is 1.55. The minimum atomic E-state index is -4.58. The van der Waals surface area contributed by atoms with Gasteiger partial charge in [0.25, 0.3) is 5.79 Å². The van der Waals surface area contributed by atoms with Gasteiger partial charge in [-0.15, -0.1) is 11.6 Å². The van der Waals surface area contributed by atoms with Gasteiger partial charge in [0, 0.05) is 24.7 Å². The second-order valence-electron chi connectivity index (χ2n) is 9.41. The minimum absolute atomic E-state index is 0.0674. The zero-order valence-electron chi connectivity index (χ0n) is 18.1. The summed E-state index contributed by atoms with van der Waals surface area (Å²) in [4.78, 5) is 10.9. The first-order valence-corrected chi connectivity index (χ1v) is 12.6. The third-order valence-electron chi connectivity index (χ3n) is 7.46. The molecule has 0 amide bonds. The largest absolute Gasteiger partial charge is 0.529 e. The Morgan fingerprint density at radius 3 is 2.30 bits per heavy atom. The van der Waals surface area contributed by atoms with E-state index in [1.807, 2.05) is 0 Å². The fourth-order valence-corrected chi connectivity index (χ4v) is 7.73. The summed E-state index contributed by atoms with van der Waals surface area (Å²) in [5.74, 6) is -1.60. The number of phosphoric acid groups is 1. The summed E-state index contributed by atoms with van der Waals surface area (Å²) < 4.78 is 72.9. The molecule has 3 unspecified atom stereocenters. The Morgan fingerprint density at radius 2 is 1.79 bits per heavy atom. The molecule has 5 fully saturated rings. The number of rotatable bonds is 7. The average molecular weight is 513 g/mol. The number of halogens is 4. The van der Waals surface area contributed by atoms with E-state index < -0.39 is 32.0 Å². The van der Waals surface area contributed by atoms with E-state index in [1.165, 1.54) is 12.1 Å². The lowest BCUT2D eigenvalue weighted by atomic mass is 9.46. The van der Waals surface area contributed by atoms with E-state index in [-0.39, 0.29) is 28.0 Å². The Kier molecular flexibility index (Phi) is 5.65. The van der Waals surface area contributed by atoms with Crippen LogP contribution in [-0.4, -0.2) is 37.5 Å². The molecule has 1 heterocycles. The molecule has 4 bridgehead atoms. The van der Waals surface area contributed by atoms with Crippen LogP contribution in [0.1, 0.15) is 37.7 Å². The van der Waals surface area contributed by atoms with Crippen molar-refractivity contribution in [3.63, 3.8) is 0 Å². The van der Waals surface area contributed by atoms with Crippen LogP contribution in [0.25, 0.3) is 0 Å². The highest BCUT2D eigenvalue weighted by atomic mass is 35.5. The quantitative estimate of drug-likeness (QED) is 0.263. The molecular weight excluding hydrogens is 488 g/mol. The number of hydrogen-bond donors (Lipinski definition) is 0. The molecule has 3 atom stereocenters. The highest BCUT2D eigenvalue weighted by Crippen LogP contribution is 2.71. The molecule has 4 aliphatic carbocycles. The van der Waals surface area contributed by atoms with Crippen molar-refractivity contribution in [3.8, 4) is 5.75 Å². The monoisotopic (exact) mass is 512 g/mol. The van der Waals surface area contributed by atoms with Gasteiger partial charge in [-0.1, -0.05) is 12.1 Å². The van der Waals surface area contributed by atoms with Crippen molar-refractivity contribution < 1.29 is 45.8 Å². The lowest BCUT2D eigenvalue weighted by Crippen LogP contribution is -2.78. The summed E-state index contributed by atoms with van der Waals surface area (Å²) in [6.07, 6.45) is -0.889. The van der Waals surface area contributed by atoms with Gasteiger partial charge in [0.1, 0.15) is 12.4 Å². The molecule has 1 spiro atoms. The van der Waals surface area contributed by atoms with Gasteiger partial charge in [-0.05, 0) is 62.0 Å². The summed E-state index contributed by atoms with van der Waals surface area (Å²) in [5.41, 5.74) is -0.844. The Hall–Kier alpha value is -0.870. The van der Waals surface area contributed by atoms with Crippen molar-refractivity contribution in [2.24, 2.45) is 17.8 Å². The van der Waals surface area contributed by atoms with Gasteiger partial charge in [-0.3, -0.25) is 9.05 Å². The van der Waals surface area contributed by atoms with Gasteiger partial charge in [0.2, 0.25) is 0 Å². The molecule has 0 radical (unpaired) electrons. The first-order valence-electron chi connectivity index (χ1n) is 10.7. The van der Waals surface area contributed by atoms with Crippen molar-refractivity contribution in [2.45, 2.75) is 54.5 Å². The summed E-state index contributed by atoms with van der Waals surface area (Å²) in [6.45, 7) is -1.52. The van der Waals surface area contributed by atoms with Gasteiger partial charge in [0.15, 0.2) is 5.60 Å². The molecular formula is C21H25ClF3O7P. The maximum Gasteiger partial charge on any atom is 0.529 e. The minimum Gasteiger partial charge on any atom is -0.404 e.